The smallest absolute Gasteiger partial charge is 0.432 e. The van der Waals surface area contributed by atoms with Crippen molar-refractivity contribution in [1.29, 1.82) is 5.26 Å². The molecule has 3 aromatic heterocycles. The molecule has 8 heteroatoms. The Hall–Kier alpha value is -3.70. The molecule has 4 rings (SSSR count). The lowest BCUT2D eigenvalue weighted by atomic mass is 10.0. The number of carbonyl (C=O) groups is 1. The van der Waals surface area contributed by atoms with Crippen molar-refractivity contribution in [3.63, 3.8) is 0 Å². The van der Waals surface area contributed by atoms with Gasteiger partial charge in [-0.25, -0.2) is 4.79 Å². The van der Waals surface area contributed by atoms with Crippen LogP contribution in [-0.4, -0.2) is 32.1 Å². The van der Waals surface area contributed by atoms with Gasteiger partial charge in [0, 0.05) is 41.7 Å². The molecular weight excluding hydrogens is 348 g/mol. The number of nitriles is 1. The molecule has 0 radical (unpaired) electrons. The Kier molecular flexibility index (Phi) is 4.28. The number of fused-ring (bicyclic) bond motifs is 1. The van der Waals surface area contributed by atoms with Gasteiger partial charge in [-0.2, -0.15) is 15.0 Å². The molecule has 0 amide bonds. The number of ether oxygens (including phenoxy) is 1. The fourth-order valence-electron chi connectivity index (χ4n) is 2.91. The van der Waals surface area contributed by atoms with Gasteiger partial charge in [0.2, 0.25) is 0 Å². The molecule has 0 spiro atoms. The molecule has 0 saturated heterocycles. The largest absolute Gasteiger partial charge is 0.463 e. The summed E-state index contributed by atoms with van der Waals surface area (Å²) in [6.45, 7) is 0.255. The van der Waals surface area contributed by atoms with Crippen LogP contribution in [0, 0.1) is 11.3 Å². The van der Waals surface area contributed by atoms with Gasteiger partial charge in [-0.05, 0) is 18.2 Å². The molecule has 134 valence electrons. The van der Waals surface area contributed by atoms with Gasteiger partial charge in [-0.3, -0.25) is 4.98 Å². The third-order valence-corrected chi connectivity index (χ3v) is 4.23. The highest BCUT2D eigenvalue weighted by molar-refractivity contribution is 5.68. The van der Waals surface area contributed by atoms with Crippen molar-refractivity contribution in [3.8, 4) is 17.4 Å². The second kappa shape index (κ2) is 6.90. The first-order valence-corrected chi connectivity index (χ1v) is 8.18. The normalized spacial score (nSPS) is 15.3. The first kappa shape index (κ1) is 16.8. The van der Waals surface area contributed by atoms with Crippen LogP contribution in [0.15, 0.2) is 47.4 Å². The second-order valence-corrected chi connectivity index (χ2v) is 6.02. The average Bonchev–Trinajstić information content (AvgIpc) is 3.33. The summed E-state index contributed by atoms with van der Waals surface area (Å²) in [4.78, 5) is 14.8. The van der Waals surface area contributed by atoms with Crippen molar-refractivity contribution in [2.24, 2.45) is 0 Å². The van der Waals surface area contributed by atoms with Crippen LogP contribution in [-0.2, 0) is 17.8 Å². The van der Waals surface area contributed by atoms with Crippen LogP contribution in [0.3, 0.4) is 0 Å². The SMILES string of the molecule is N#Cc1cnccc1-c1cc2c(o1)C=CC(OCc1cnn(C(=O)O)c1)C2. The van der Waals surface area contributed by atoms with E-state index in [9.17, 15) is 10.1 Å². The van der Waals surface area contributed by atoms with E-state index in [0.717, 1.165) is 16.0 Å². The molecule has 1 N–H and O–H groups in total. The van der Waals surface area contributed by atoms with E-state index in [4.69, 9.17) is 14.3 Å². The Morgan fingerprint density at radius 1 is 1.48 bits per heavy atom. The summed E-state index contributed by atoms with van der Waals surface area (Å²) >= 11 is 0. The van der Waals surface area contributed by atoms with Gasteiger partial charge < -0.3 is 14.3 Å². The number of pyridine rings is 1. The second-order valence-electron chi connectivity index (χ2n) is 6.02. The molecule has 3 heterocycles. The van der Waals surface area contributed by atoms with E-state index >= 15 is 0 Å². The molecule has 0 aromatic carbocycles. The molecule has 0 saturated carbocycles. The minimum Gasteiger partial charge on any atom is -0.463 e. The van der Waals surface area contributed by atoms with Crippen LogP contribution in [0.25, 0.3) is 17.4 Å². The predicted octanol–water partition coefficient (Wildman–Crippen LogP) is 3.09. The molecule has 1 unspecified atom stereocenters. The number of hydrogen-bond donors (Lipinski definition) is 1. The Bertz CT molecular complexity index is 1070. The number of nitrogens with zero attached hydrogens (tertiary/aromatic N) is 4. The third kappa shape index (κ3) is 3.36. The summed E-state index contributed by atoms with van der Waals surface area (Å²) < 4.78 is 12.6. The maximum atomic E-state index is 10.8. The monoisotopic (exact) mass is 362 g/mol. The van der Waals surface area contributed by atoms with Crippen LogP contribution in [0.1, 0.15) is 22.5 Å². The lowest BCUT2D eigenvalue weighted by Gasteiger charge is -2.16. The maximum Gasteiger partial charge on any atom is 0.432 e. The van der Waals surface area contributed by atoms with E-state index in [1.165, 1.54) is 18.6 Å². The van der Waals surface area contributed by atoms with E-state index in [1.807, 2.05) is 18.2 Å². The quantitative estimate of drug-likeness (QED) is 0.758. The van der Waals surface area contributed by atoms with Crippen molar-refractivity contribution >= 4 is 12.2 Å². The lowest BCUT2D eigenvalue weighted by Crippen LogP contribution is -2.15. The van der Waals surface area contributed by atoms with Gasteiger partial charge in [-0.15, -0.1) is 0 Å². The van der Waals surface area contributed by atoms with E-state index in [2.05, 4.69) is 16.2 Å². The van der Waals surface area contributed by atoms with E-state index < -0.39 is 6.09 Å². The van der Waals surface area contributed by atoms with Gasteiger partial charge >= 0.3 is 6.09 Å². The van der Waals surface area contributed by atoms with Gasteiger partial charge in [0.25, 0.3) is 0 Å². The minimum atomic E-state index is -1.14. The Labute approximate surface area is 153 Å². The summed E-state index contributed by atoms with van der Waals surface area (Å²) in [6, 6.07) is 5.78. The molecule has 1 aliphatic carbocycles. The molecule has 0 bridgehead atoms. The van der Waals surface area contributed by atoms with E-state index in [0.29, 0.717) is 28.9 Å². The zero-order chi connectivity index (χ0) is 18.8. The van der Waals surface area contributed by atoms with Crippen LogP contribution in [0.2, 0.25) is 0 Å². The maximum absolute atomic E-state index is 10.8. The van der Waals surface area contributed by atoms with Gasteiger partial charge in [0.15, 0.2) is 0 Å². The molecular formula is C19H14N4O4. The average molecular weight is 362 g/mol. The highest BCUT2D eigenvalue weighted by Gasteiger charge is 2.20. The fourth-order valence-corrected chi connectivity index (χ4v) is 2.91. The van der Waals surface area contributed by atoms with Crippen LogP contribution in [0.5, 0.6) is 0 Å². The standard InChI is InChI=1S/C19H14N4O4/c20-7-14-9-21-4-3-16(14)18-6-13-5-15(1-2-17(13)27-18)26-11-12-8-22-23(10-12)19(24)25/h1-4,6,8-10,15H,5,11H2,(H,24,25). The molecule has 0 fully saturated rings. The zero-order valence-electron chi connectivity index (χ0n) is 14.1. The van der Waals surface area contributed by atoms with Gasteiger partial charge in [-0.1, -0.05) is 6.08 Å². The number of hydrogen-bond acceptors (Lipinski definition) is 6. The fraction of sp³-hybridized carbons (Fsp3) is 0.158. The van der Waals surface area contributed by atoms with Crippen molar-refractivity contribution in [1.82, 2.24) is 14.8 Å². The summed E-state index contributed by atoms with van der Waals surface area (Å²) in [6.07, 6.45) is 9.09. The number of carboxylic acid groups (broad SMARTS) is 1. The van der Waals surface area contributed by atoms with Crippen molar-refractivity contribution in [2.75, 3.05) is 0 Å². The molecule has 8 nitrogen and oxygen atoms in total. The van der Waals surface area contributed by atoms with Crippen LogP contribution >= 0.6 is 0 Å². The number of rotatable bonds is 4. The van der Waals surface area contributed by atoms with Crippen molar-refractivity contribution in [3.05, 3.63) is 65.4 Å². The van der Waals surface area contributed by atoms with Gasteiger partial charge in [0.1, 0.15) is 17.6 Å². The third-order valence-electron chi connectivity index (χ3n) is 4.23. The Morgan fingerprint density at radius 3 is 3.15 bits per heavy atom. The minimum absolute atomic E-state index is 0.163. The molecule has 1 aliphatic rings. The van der Waals surface area contributed by atoms with Crippen molar-refractivity contribution in [2.45, 2.75) is 19.1 Å². The molecule has 27 heavy (non-hydrogen) atoms. The number of furan rings is 1. The highest BCUT2D eigenvalue weighted by Crippen LogP contribution is 2.32. The number of aromatic nitrogens is 3. The molecule has 0 aliphatic heterocycles. The molecule has 3 aromatic rings. The highest BCUT2D eigenvalue weighted by atomic mass is 16.5. The summed E-state index contributed by atoms with van der Waals surface area (Å²) in [5, 5.41) is 21.8. The first-order valence-electron chi connectivity index (χ1n) is 8.18. The van der Waals surface area contributed by atoms with Gasteiger partial charge in [0.05, 0.1) is 24.5 Å². The predicted molar refractivity (Wildman–Crippen MR) is 93.6 cm³/mol. The summed E-state index contributed by atoms with van der Waals surface area (Å²) in [5.74, 6) is 1.36. The Morgan fingerprint density at radius 2 is 2.37 bits per heavy atom. The van der Waals surface area contributed by atoms with E-state index in [1.54, 1.807) is 12.3 Å². The summed E-state index contributed by atoms with van der Waals surface area (Å²) in [5.41, 5.74) is 2.82. The van der Waals surface area contributed by atoms with E-state index in [-0.39, 0.29) is 12.7 Å². The van der Waals surface area contributed by atoms with Crippen LogP contribution in [0.4, 0.5) is 4.79 Å². The van der Waals surface area contributed by atoms with Crippen molar-refractivity contribution < 1.29 is 19.1 Å². The zero-order valence-corrected chi connectivity index (χ0v) is 14.1. The lowest BCUT2D eigenvalue weighted by molar-refractivity contribution is 0.0717. The molecule has 1 atom stereocenters. The first-order chi connectivity index (χ1) is 13.1. The Balaban J connectivity index is 1.46. The van der Waals surface area contributed by atoms with Crippen LogP contribution < -0.4 is 0 Å². The topological polar surface area (TPSA) is 114 Å². The summed E-state index contributed by atoms with van der Waals surface area (Å²) in [7, 11) is 0.